The second-order valence-corrected chi connectivity index (χ2v) is 5.88. The van der Waals surface area contributed by atoms with Crippen LogP contribution < -0.4 is 5.73 Å². The van der Waals surface area contributed by atoms with E-state index < -0.39 is 27.1 Å². The van der Waals surface area contributed by atoms with Gasteiger partial charge in [0.2, 0.25) is 0 Å². The number of carbonyl (C=O) groups is 1. The Morgan fingerprint density at radius 2 is 1.75 bits per heavy atom. The van der Waals surface area contributed by atoms with Gasteiger partial charge in [0, 0.05) is 5.56 Å². The van der Waals surface area contributed by atoms with Gasteiger partial charge in [-0.3, -0.25) is 4.79 Å². The summed E-state index contributed by atoms with van der Waals surface area (Å²) in [6, 6.07) is 8.23. The van der Waals surface area contributed by atoms with Gasteiger partial charge in [0.25, 0.3) is 0 Å². The molecule has 0 radical (unpaired) electrons. The molecular formula is C10H11NO3S2. The Labute approximate surface area is 99.4 Å². The zero-order valence-corrected chi connectivity index (χ0v) is 10.1. The number of ketones is 1. The van der Waals surface area contributed by atoms with Crippen LogP contribution in [0.2, 0.25) is 0 Å². The molecule has 0 heterocycles. The largest absolute Gasteiger partial charge is 0.392 e. The highest BCUT2D eigenvalue weighted by Crippen LogP contribution is 2.03. The Hall–Kier alpha value is -1.27. The van der Waals surface area contributed by atoms with E-state index in [1.165, 1.54) is 0 Å². The minimum atomic E-state index is -3.54. The van der Waals surface area contributed by atoms with Crippen molar-refractivity contribution in [2.75, 3.05) is 11.5 Å². The van der Waals surface area contributed by atoms with Gasteiger partial charge >= 0.3 is 0 Å². The van der Waals surface area contributed by atoms with Crippen LogP contribution in [0, 0.1) is 0 Å². The first-order chi connectivity index (χ1) is 7.41. The topological polar surface area (TPSA) is 77.2 Å². The molecule has 1 aromatic rings. The van der Waals surface area contributed by atoms with Gasteiger partial charge in [0.05, 0.1) is 4.99 Å². The van der Waals surface area contributed by atoms with Crippen LogP contribution in [-0.2, 0) is 9.84 Å². The average molecular weight is 257 g/mol. The number of Topliss-reactive ketones (excluding diaryl/α,β-unsaturated/α-hetero) is 1. The molecule has 0 spiro atoms. The van der Waals surface area contributed by atoms with Crippen LogP contribution >= 0.6 is 12.2 Å². The van der Waals surface area contributed by atoms with Crippen LogP contribution in [-0.4, -0.2) is 30.7 Å². The van der Waals surface area contributed by atoms with Gasteiger partial charge in [0.15, 0.2) is 15.6 Å². The van der Waals surface area contributed by atoms with Crippen LogP contribution in [0.25, 0.3) is 0 Å². The van der Waals surface area contributed by atoms with Gasteiger partial charge < -0.3 is 5.73 Å². The summed E-state index contributed by atoms with van der Waals surface area (Å²) in [4.78, 5) is 11.5. The van der Waals surface area contributed by atoms with Crippen molar-refractivity contribution in [3.05, 3.63) is 35.9 Å². The number of carbonyl (C=O) groups excluding carboxylic acids is 1. The Bertz CT molecular complexity index is 494. The minimum Gasteiger partial charge on any atom is -0.392 e. The molecule has 0 unspecified atom stereocenters. The molecule has 16 heavy (non-hydrogen) atoms. The fraction of sp³-hybridized carbons (Fsp3) is 0.200. The Balaban J connectivity index is 2.76. The van der Waals surface area contributed by atoms with Crippen molar-refractivity contribution < 1.29 is 13.2 Å². The van der Waals surface area contributed by atoms with E-state index in [9.17, 15) is 13.2 Å². The third-order valence-corrected chi connectivity index (χ3v) is 3.59. The van der Waals surface area contributed by atoms with Gasteiger partial charge in [-0.2, -0.15) is 0 Å². The SMILES string of the molecule is NC(=S)CS(=O)(=O)CC(=O)c1ccccc1. The van der Waals surface area contributed by atoms with Gasteiger partial charge in [-0.1, -0.05) is 42.5 Å². The summed E-state index contributed by atoms with van der Waals surface area (Å²) in [5.41, 5.74) is 5.50. The third-order valence-electron chi connectivity index (χ3n) is 1.81. The first kappa shape index (κ1) is 12.8. The highest BCUT2D eigenvalue weighted by atomic mass is 32.2. The number of rotatable bonds is 5. The lowest BCUT2D eigenvalue weighted by molar-refractivity contribution is 0.102. The smallest absolute Gasteiger partial charge is 0.177 e. The maximum Gasteiger partial charge on any atom is 0.177 e. The molecule has 4 nitrogen and oxygen atoms in total. The molecule has 1 rings (SSSR count). The van der Waals surface area contributed by atoms with E-state index >= 15 is 0 Å². The molecule has 0 amide bonds. The quantitative estimate of drug-likeness (QED) is 0.616. The summed E-state index contributed by atoms with van der Waals surface area (Å²) in [5.74, 6) is -1.44. The van der Waals surface area contributed by atoms with Gasteiger partial charge in [-0.25, -0.2) is 8.42 Å². The highest BCUT2D eigenvalue weighted by Gasteiger charge is 2.18. The number of sulfone groups is 1. The normalized spacial score (nSPS) is 11.0. The van der Waals surface area contributed by atoms with Crippen molar-refractivity contribution >= 4 is 32.8 Å². The molecule has 2 N–H and O–H groups in total. The first-order valence-electron chi connectivity index (χ1n) is 4.48. The van der Waals surface area contributed by atoms with Crippen LogP contribution in [0.1, 0.15) is 10.4 Å². The maximum absolute atomic E-state index is 11.6. The fourth-order valence-electron chi connectivity index (χ4n) is 1.17. The monoisotopic (exact) mass is 257 g/mol. The molecule has 6 heteroatoms. The maximum atomic E-state index is 11.6. The lowest BCUT2D eigenvalue weighted by Gasteiger charge is -2.02. The van der Waals surface area contributed by atoms with Gasteiger partial charge in [-0.05, 0) is 0 Å². The Morgan fingerprint density at radius 3 is 2.25 bits per heavy atom. The predicted molar refractivity (Wildman–Crippen MR) is 66.2 cm³/mol. The third kappa shape index (κ3) is 4.08. The summed E-state index contributed by atoms with van der Waals surface area (Å²) in [6.45, 7) is 0. The minimum absolute atomic E-state index is 0.124. The number of thiocarbonyl (C=S) groups is 1. The number of hydrogen-bond acceptors (Lipinski definition) is 4. The lowest BCUT2D eigenvalue weighted by Crippen LogP contribution is -2.26. The lowest BCUT2D eigenvalue weighted by atomic mass is 10.2. The second-order valence-electron chi connectivity index (χ2n) is 3.29. The van der Waals surface area contributed by atoms with Crippen molar-refractivity contribution in [1.29, 1.82) is 0 Å². The zero-order chi connectivity index (χ0) is 12.2. The Kier molecular flexibility index (Phi) is 4.14. The Morgan fingerprint density at radius 1 is 1.19 bits per heavy atom. The van der Waals surface area contributed by atoms with E-state index in [0.29, 0.717) is 5.56 Å². The van der Waals surface area contributed by atoms with Crippen LogP contribution in [0.5, 0.6) is 0 Å². The molecule has 0 aliphatic carbocycles. The summed E-state index contributed by atoms with van der Waals surface area (Å²) in [7, 11) is -3.54. The van der Waals surface area contributed by atoms with Crippen LogP contribution in [0.3, 0.4) is 0 Å². The first-order valence-corrected chi connectivity index (χ1v) is 6.71. The standard InChI is InChI=1S/C10H11NO3S2/c11-10(15)7-16(13,14)6-9(12)8-4-2-1-3-5-8/h1-5H,6-7H2,(H2,11,15). The molecule has 0 saturated carbocycles. The summed E-state index contributed by atoms with van der Waals surface area (Å²) in [6.07, 6.45) is 0. The van der Waals surface area contributed by atoms with E-state index in [1.807, 2.05) is 0 Å². The van der Waals surface area contributed by atoms with E-state index in [4.69, 9.17) is 5.73 Å². The van der Waals surface area contributed by atoms with E-state index in [2.05, 4.69) is 12.2 Å². The molecule has 0 saturated heterocycles. The molecule has 0 aliphatic rings. The summed E-state index contributed by atoms with van der Waals surface area (Å²) >= 11 is 4.50. The van der Waals surface area contributed by atoms with E-state index in [1.54, 1.807) is 30.3 Å². The number of hydrogen-bond donors (Lipinski definition) is 1. The zero-order valence-electron chi connectivity index (χ0n) is 8.42. The molecule has 0 aromatic heterocycles. The number of nitrogens with two attached hydrogens (primary N) is 1. The predicted octanol–water partition coefficient (Wildman–Crippen LogP) is 0.570. The fourth-order valence-corrected chi connectivity index (χ4v) is 2.82. The number of benzene rings is 1. The molecule has 0 bridgehead atoms. The average Bonchev–Trinajstić information content (AvgIpc) is 2.16. The highest BCUT2D eigenvalue weighted by molar-refractivity contribution is 7.94. The van der Waals surface area contributed by atoms with Crippen LogP contribution in [0.4, 0.5) is 0 Å². The molecule has 0 fully saturated rings. The van der Waals surface area contributed by atoms with Crippen molar-refractivity contribution in [3.8, 4) is 0 Å². The molecular weight excluding hydrogens is 246 g/mol. The second kappa shape index (κ2) is 5.18. The summed E-state index contributed by atoms with van der Waals surface area (Å²) in [5, 5.41) is 0. The molecule has 0 aliphatic heterocycles. The summed E-state index contributed by atoms with van der Waals surface area (Å²) < 4.78 is 22.9. The molecule has 1 aromatic carbocycles. The van der Waals surface area contributed by atoms with E-state index in [0.717, 1.165) is 0 Å². The van der Waals surface area contributed by atoms with Crippen molar-refractivity contribution in [1.82, 2.24) is 0 Å². The van der Waals surface area contributed by atoms with Crippen LogP contribution in [0.15, 0.2) is 30.3 Å². The molecule has 86 valence electrons. The van der Waals surface area contributed by atoms with Gasteiger partial charge in [-0.15, -0.1) is 0 Å². The van der Waals surface area contributed by atoms with Crippen molar-refractivity contribution in [2.24, 2.45) is 5.73 Å². The van der Waals surface area contributed by atoms with Gasteiger partial charge in [0.1, 0.15) is 11.5 Å². The molecule has 0 atom stereocenters. The van der Waals surface area contributed by atoms with E-state index in [-0.39, 0.29) is 4.99 Å². The van der Waals surface area contributed by atoms with Crippen molar-refractivity contribution in [3.63, 3.8) is 0 Å². The van der Waals surface area contributed by atoms with Crippen molar-refractivity contribution in [2.45, 2.75) is 0 Å².